The van der Waals surface area contributed by atoms with Crippen LogP contribution in [0.3, 0.4) is 0 Å². The molecular formula is C13H17NO2. The highest BCUT2D eigenvalue weighted by Gasteiger charge is 2.22. The number of aryl methyl sites for hydroxylation is 1. The summed E-state index contributed by atoms with van der Waals surface area (Å²) in [5.41, 5.74) is 1.55. The normalized spacial score (nSPS) is 16.3. The Morgan fingerprint density at radius 1 is 1.38 bits per heavy atom. The van der Waals surface area contributed by atoms with Gasteiger partial charge in [0.05, 0.1) is 0 Å². The van der Waals surface area contributed by atoms with E-state index in [1.165, 1.54) is 0 Å². The van der Waals surface area contributed by atoms with Crippen LogP contribution < -0.4 is 5.32 Å². The maximum absolute atomic E-state index is 11.8. The Morgan fingerprint density at radius 2 is 2.06 bits per heavy atom. The first-order valence-corrected chi connectivity index (χ1v) is 5.77. The monoisotopic (exact) mass is 219 g/mol. The van der Waals surface area contributed by atoms with Gasteiger partial charge in [-0.2, -0.15) is 0 Å². The number of amides is 1. The van der Waals surface area contributed by atoms with E-state index < -0.39 is 0 Å². The van der Waals surface area contributed by atoms with Crippen molar-refractivity contribution in [3.8, 4) is 5.75 Å². The van der Waals surface area contributed by atoms with Gasteiger partial charge in [0.1, 0.15) is 5.75 Å². The van der Waals surface area contributed by atoms with Crippen molar-refractivity contribution >= 4 is 11.6 Å². The molecular weight excluding hydrogens is 202 g/mol. The summed E-state index contributed by atoms with van der Waals surface area (Å²) in [6.45, 7) is 1.82. The van der Waals surface area contributed by atoms with E-state index in [9.17, 15) is 9.90 Å². The summed E-state index contributed by atoms with van der Waals surface area (Å²) >= 11 is 0. The lowest BCUT2D eigenvalue weighted by atomic mass is 10.1. The molecule has 0 spiro atoms. The minimum Gasteiger partial charge on any atom is -0.508 e. The van der Waals surface area contributed by atoms with E-state index in [1.54, 1.807) is 18.2 Å². The van der Waals surface area contributed by atoms with Gasteiger partial charge in [-0.05, 0) is 43.5 Å². The van der Waals surface area contributed by atoms with Crippen LogP contribution in [0, 0.1) is 12.8 Å². The van der Waals surface area contributed by atoms with Crippen LogP contribution in [0.4, 0.5) is 5.69 Å². The van der Waals surface area contributed by atoms with Crippen molar-refractivity contribution in [2.75, 3.05) is 5.32 Å². The van der Waals surface area contributed by atoms with Crippen molar-refractivity contribution < 1.29 is 9.90 Å². The second-order valence-corrected chi connectivity index (χ2v) is 4.47. The lowest BCUT2D eigenvalue weighted by Crippen LogP contribution is -2.20. The Hall–Kier alpha value is -1.51. The standard InChI is InChI=1S/C13H17NO2/c1-9-8-11(6-7-12(9)15)14-13(16)10-4-2-3-5-10/h6-8,10,15H,2-5H2,1H3,(H,14,16). The van der Waals surface area contributed by atoms with Gasteiger partial charge in [-0.25, -0.2) is 0 Å². The zero-order valence-corrected chi connectivity index (χ0v) is 9.49. The molecule has 0 aromatic heterocycles. The van der Waals surface area contributed by atoms with E-state index in [0.717, 1.165) is 36.9 Å². The van der Waals surface area contributed by atoms with Gasteiger partial charge >= 0.3 is 0 Å². The Balaban J connectivity index is 2.02. The van der Waals surface area contributed by atoms with E-state index in [0.29, 0.717) is 0 Å². The number of hydrogen-bond acceptors (Lipinski definition) is 2. The summed E-state index contributed by atoms with van der Waals surface area (Å²) in [5, 5.41) is 12.3. The Labute approximate surface area is 95.5 Å². The molecule has 0 unspecified atom stereocenters. The molecule has 3 nitrogen and oxygen atoms in total. The molecule has 0 heterocycles. The third kappa shape index (κ3) is 2.35. The molecule has 1 fully saturated rings. The number of phenolic OH excluding ortho intramolecular Hbond substituents is 1. The van der Waals surface area contributed by atoms with Gasteiger partial charge in [0.15, 0.2) is 0 Å². The summed E-state index contributed by atoms with van der Waals surface area (Å²) in [5.74, 6) is 0.551. The quantitative estimate of drug-likeness (QED) is 0.751. The van der Waals surface area contributed by atoms with E-state index in [2.05, 4.69) is 5.32 Å². The van der Waals surface area contributed by atoms with Crippen LogP contribution in [0.15, 0.2) is 18.2 Å². The average molecular weight is 219 g/mol. The molecule has 1 aromatic rings. The first-order valence-electron chi connectivity index (χ1n) is 5.77. The molecule has 86 valence electrons. The third-order valence-corrected chi connectivity index (χ3v) is 3.19. The minimum absolute atomic E-state index is 0.114. The number of benzene rings is 1. The van der Waals surface area contributed by atoms with Crippen LogP contribution in [0.2, 0.25) is 0 Å². The van der Waals surface area contributed by atoms with Crippen LogP contribution in [-0.4, -0.2) is 11.0 Å². The second kappa shape index (κ2) is 4.56. The lowest BCUT2D eigenvalue weighted by Gasteiger charge is -2.11. The molecule has 1 saturated carbocycles. The van der Waals surface area contributed by atoms with E-state index >= 15 is 0 Å². The zero-order valence-electron chi connectivity index (χ0n) is 9.49. The van der Waals surface area contributed by atoms with Crippen molar-refractivity contribution in [1.29, 1.82) is 0 Å². The van der Waals surface area contributed by atoms with Crippen LogP contribution in [0.25, 0.3) is 0 Å². The first kappa shape index (κ1) is 11.0. The van der Waals surface area contributed by atoms with Crippen molar-refractivity contribution in [3.05, 3.63) is 23.8 Å². The van der Waals surface area contributed by atoms with Gasteiger partial charge in [-0.3, -0.25) is 4.79 Å². The fourth-order valence-electron chi connectivity index (χ4n) is 2.17. The second-order valence-electron chi connectivity index (χ2n) is 4.47. The Bertz CT molecular complexity index is 395. The smallest absolute Gasteiger partial charge is 0.227 e. The van der Waals surface area contributed by atoms with E-state index in [1.807, 2.05) is 6.92 Å². The number of nitrogens with one attached hydrogen (secondary N) is 1. The Morgan fingerprint density at radius 3 is 2.69 bits per heavy atom. The third-order valence-electron chi connectivity index (χ3n) is 3.19. The molecule has 0 radical (unpaired) electrons. The summed E-state index contributed by atoms with van der Waals surface area (Å²) < 4.78 is 0. The van der Waals surface area contributed by atoms with Gasteiger partial charge in [-0.1, -0.05) is 12.8 Å². The molecule has 16 heavy (non-hydrogen) atoms. The maximum atomic E-state index is 11.8. The maximum Gasteiger partial charge on any atom is 0.227 e. The highest BCUT2D eigenvalue weighted by atomic mass is 16.3. The number of aromatic hydroxyl groups is 1. The van der Waals surface area contributed by atoms with Crippen molar-refractivity contribution in [3.63, 3.8) is 0 Å². The Kier molecular flexibility index (Phi) is 3.13. The lowest BCUT2D eigenvalue weighted by molar-refractivity contribution is -0.119. The zero-order chi connectivity index (χ0) is 11.5. The summed E-state index contributed by atoms with van der Waals surface area (Å²) in [6, 6.07) is 5.14. The predicted molar refractivity (Wildman–Crippen MR) is 63.4 cm³/mol. The minimum atomic E-state index is 0.114. The van der Waals surface area contributed by atoms with Gasteiger partial charge in [0.2, 0.25) is 5.91 Å². The number of carbonyl (C=O) groups excluding carboxylic acids is 1. The molecule has 2 rings (SSSR count). The number of carbonyl (C=O) groups is 1. The highest BCUT2D eigenvalue weighted by Crippen LogP contribution is 2.27. The largest absolute Gasteiger partial charge is 0.508 e. The summed E-state index contributed by atoms with van der Waals surface area (Å²) in [7, 11) is 0. The number of hydrogen-bond donors (Lipinski definition) is 2. The summed E-state index contributed by atoms with van der Waals surface area (Å²) in [4.78, 5) is 11.8. The topological polar surface area (TPSA) is 49.3 Å². The van der Waals surface area contributed by atoms with E-state index in [4.69, 9.17) is 0 Å². The molecule has 1 amide bonds. The molecule has 0 saturated heterocycles. The van der Waals surface area contributed by atoms with Crippen LogP contribution in [-0.2, 0) is 4.79 Å². The molecule has 1 aliphatic carbocycles. The van der Waals surface area contributed by atoms with Crippen molar-refractivity contribution in [1.82, 2.24) is 0 Å². The average Bonchev–Trinajstić information content (AvgIpc) is 2.77. The van der Waals surface area contributed by atoms with Crippen LogP contribution in [0.5, 0.6) is 5.75 Å². The van der Waals surface area contributed by atoms with Gasteiger partial charge in [0.25, 0.3) is 0 Å². The molecule has 0 bridgehead atoms. The SMILES string of the molecule is Cc1cc(NC(=O)C2CCCC2)ccc1O. The molecule has 0 aliphatic heterocycles. The van der Waals surface area contributed by atoms with Gasteiger partial charge < -0.3 is 10.4 Å². The number of anilines is 1. The number of rotatable bonds is 2. The molecule has 0 atom stereocenters. The van der Waals surface area contributed by atoms with Gasteiger partial charge in [0, 0.05) is 11.6 Å². The highest BCUT2D eigenvalue weighted by molar-refractivity contribution is 5.92. The van der Waals surface area contributed by atoms with Crippen LogP contribution in [0.1, 0.15) is 31.2 Å². The molecule has 2 N–H and O–H groups in total. The molecule has 1 aromatic carbocycles. The van der Waals surface area contributed by atoms with Crippen LogP contribution >= 0.6 is 0 Å². The number of phenols is 1. The van der Waals surface area contributed by atoms with E-state index in [-0.39, 0.29) is 17.6 Å². The van der Waals surface area contributed by atoms with Gasteiger partial charge in [-0.15, -0.1) is 0 Å². The predicted octanol–water partition coefficient (Wildman–Crippen LogP) is 2.83. The fraction of sp³-hybridized carbons (Fsp3) is 0.462. The van der Waals surface area contributed by atoms with Crippen molar-refractivity contribution in [2.45, 2.75) is 32.6 Å². The molecule has 3 heteroatoms. The first-order chi connectivity index (χ1) is 7.66. The summed E-state index contributed by atoms with van der Waals surface area (Å²) in [6.07, 6.45) is 4.32. The van der Waals surface area contributed by atoms with Crippen molar-refractivity contribution in [2.24, 2.45) is 5.92 Å². The molecule has 1 aliphatic rings. The fourth-order valence-corrected chi connectivity index (χ4v) is 2.17.